The van der Waals surface area contributed by atoms with Gasteiger partial charge in [0.15, 0.2) is 6.10 Å². The molecule has 0 saturated carbocycles. The quantitative estimate of drug-likeness (QED) is 0.615. The van der Waals surface area contributed by atoms with Crippen LogP contribution in [-0.2, 0) is 25.6 Å². The minimum Gasteiger partial charge on any atom is -0.436 e. The summed E-state index contributed by atoms with van der Waals surface area (Å²) in [4.78, 5) is 26.5. The summed E-state index contributed by atoms with van der Waals surface area (Å²) < 4.78 is 16.2. The number of nitrogens with one attached hydrogen (secondary N) is 1. The van der Waals surface area contributed by atoms with Crippen LogP contribution in [0.1, 0.15) is 12.0 Å². The zero-order valence-corrected chi connectivity index (χ0v) is 17.4. The van der Waals surface area contributed by atoms with Gasteiger partial charge in [-0.3, -0.25) is 4.79 Å². The molecule has 1 aromatic carbocycles. The molecule has 8 nitrogen and oxygen atoms in total. The maximum absolute atomic E-state index is 12.6. The number of nitriles is 1. The SMILES string of the molecule is CSCCC(OC(=O)N1CCOCC1)C(=O)NC(C#N)COCc1ccccc1. The van der Waals surface area contributed by atoms with Gasteiger partial charge in [0.2, 0.25) is 0 Å². The Bertz CT molecular complexity index is 676. The molecule has 29 heavy (non-hydrogen) atoms. The number of amides is 2. The average molecular weight is 422 g/mol. The van der Waals surface area contributed by atoms with E-state index in [-0.39, 0.29) is 6.61 Å². The van der Waals surface area contributed by atoms with Crippen molar-refractivity contribution in [1.82, 2.24) is 10.2 Å². The molecule has 2 atom stereocenters. The number of rotatable bonds is 10. The summed E-state index contributed by atoms with van der Waals surface area (Å²) in [6.07, 6.45) is 0.784. The molecule has 1 heterocycles. The molecule has 158 valence electrons. The maximum Gasteiger partial charge on any atom is 0.410 e. The number of morpholine rings is 1. The van der Waals surface area contributed by atoms with Crippen LogP contribution in [0.4, 0.5) is 4.79 Å². The van der Waals surface area contributed by atoms with E-state index in [2.05, 4.69) is 5.32 Å². The third-order valence-electron chi connectivity index (χ3n) is 4.26. The molecule has 2 rings (SSSR count). The van der Waals surface area contributed by atoms with Gasteiger partial charge in [-0.15, -0.1) is 0 Å². The number of carbonyl (C=O) groups excluding carboxylic acids is 2. The van der Waals surface area contributed by atoms with Gasteiger partial charge in [-0.1, -0.05) is 30.3 Å². The van der Waals surface area contributed by atoms with Crippen molar-refractivity contribution in [2.24, 2.45) is 0 Å². The lowest BCUT2D eigenvalue weighted by atomic mass is 10.2. The highest BCUT2D eigenvalue weighted by atomic mass is 32.2. The topological polar surface area (TPSA) is 101 Å². The Morgan fingerprint density at radius 2 is 2.03 bits per heavy atom. The van der Waals surface area contributed by atoms with Gasteiger partial charge in [0, 0.05) is 19.5 Å². The van der Waals surface area contributed by atoms with Crippen molar-refractivity contribution in [2.75, 3.05) is 44.9 Å². The normalized spacial score (nSPS) is 15.8. The van der Waals surface area contributed by atoms with Crippen LogP contribution in [0.25, 0.3) is 0 Å². The first-order valence-corrected chi connectivity index (χ1v) is 10.9. The minimum absolute atomic E-state index is 0.0454. The Kier molecular flexibility index (Phi) is 10.3. The van der Waals surface area contributed by atoms with Crippen LogP contribution in [0.15, 0.2) is 30.3 Å². The van der Waals surface area contributed by atoms with E-state index in [1.807, 2.05) is 42.7 Å². The summed E-state index contributed by atoms with van der Waals surface area (Å²) in [5.41, 5.74) is 0.979. The zero-order valence-electron chi connectivity index (χ0n) is 16.5. The Hall–Kier alpha value is -2.28. The fourth-order valence-electron chi connectivity index (χ4n) is 2.66. The lowest BCUT2D eigenvalue weighted by molar-refractivity contribution is -0.131. The van der Waals surface area contributed by atoms with Crippen molar-refractivity contribution >= 4 is 23.8 Å². The van der Waals surface area contributed by atoms with E-state index in [1.165, 1.54) is 4.90 Å². The van der Waals surface area contributed by atoms with Crippen LogP contribution in [0.3, 0.4) is 0 Å². The van der Waals surface area contributed by atoms with Gasteiger partial charge in [-0.2, -0.15) is 17.0 Å². The fourth-order valence-corrected chi connectivity index (χ4v) is 3.11. The molecule has 0 aliphatic carbocycles. The number of thioether (sulfide) groups is 1. The Balaban J connectivity index is 1.85. The summed E-state index contributed by atoms with van der Waals surface area (Å²) in [6.45, 7) is 2.16. The Morgan fingerprint density at radius 1 is 1.31 bits per heavy atom. The second-order valence-corrected chi connectivity index (χ2v) is 7.43. The van der Waals surface area contributed by atoms with E-state index in [4.69, 9.17) is 14.2 Å². The largest absolute Gasteiger partial charge is 0.436 e. The van der Waals surface area contributed by atoms with Crippen LogP contribution >= 0.6 is 11.8 Å². The van der Waals surface area contributed by atoms with Gasteiger partial charge >= 0.3 is 6.09 Å². The summed E-state index contributed by atoms with van der Waals surface area (Å²) in [5.74, 6) is 0.159. The Morgan fingerprint density at radius 3 is 2.69 bits per heavy atom. The number of benzene rings is 1. The van der Waals surface area contributed by atoms with Gasteiger partial charge in [-0.05, 0) is 17.6 Å². The monoisotopic (exact) mass is 421 g/mol. The van der Waals surface area contributed by atoms with E-state index < -0.39 is 24.1 Å². The van der Waals surface area contributed by atoms with Crippen molar-refractivity contribution in [3.63, 3.8) is 0 Å². The summed E-state index contributed by atoms with van der Waals surface area (Å²) >= 11 is 1.55. The van der Waals surface area contributed by atoms with E-state index in [0.29, 0.717) is 45.1 Å². The standard InChI is InChI=1S/C20H27N3O5S/c1-29-12-7-18(28-20(25)23-8-10-26-11-9-23)19(24)22-17(13-21)15-27-14-16-5-3-2-4-6-16/h2-6,17-18H,7-12,14-15H2,1H3,(H,22,24). The summed E-state index contributed by atoms with van der Waals surface area (Å²) in [7, 11) is 0. The molecule has 1 aliphatic heterocycles. The first-order valence-electron chi connectivity index (χ1n) is 9.48. The smallest absolute Gasteiger partial charge is 0.410 e. The number of hydrogen-bond donors (Lipinski definition) is 1. The van der Waals surface area contributed by atoms with Gasteiger partial charge in [0.25, 0.3) is 5.91 Å². The van der Waals surface area contributed by atoms with Crippen molar-refractivity contribution in [3.8, 4) is 6.07 Å². The second kappa shape index (κ2) is 13.0. The third-order valence-corrected chi connectivity index (χ3v) is 4.90. The highest BCUT2D eigenvalue weighted by molar-refractivity contribution is 7.98. The Labute approximate surface area is 175 Å². The molecule has 1 aromatic rings. The number of ether oxygens (including phenoxy) is 3. The molecular formula is C20H27N3O5S. The highest BCUT2D eigenvalue weighted by Gasteiger charge is 2.28. The number of nitrogens with zero attached hydrogens (tertiary/aromatic N) is 2. The van der Waals surface area contributed by atoms with E-state index in [0.717, 1.165) is 5.56 Å². The lowest BCUT2D eigenvalue weighted by Gasteiger charge is -2.28. The van der Waals surface area contributed by atoms with Gasteiger partial charge in [0.05, 0.1) is 32.5 Å². The van der Waals surface area contributed by atoms with Crippen molar-refractivity contribution in [1.29, 1.82) is 5.26 Å². The second-order valence-electron chi connectivity index (χ2n) is 6.44. The predicted molar refractivity (Wildman–Crippen MR) is 109 cm³/mol. The number of hydrogen-bond acceptors (Lipinski definition) is 7. The minimum atomic E-state index is -0.956. The van der Waals surface area contributed by atoms with Crippen LogP contribution in [0, 0.1) is 11.3 Å². The van der Waals surface area contributed by atoms with Gasteiger partial charge < -0.3 is 24.4 Å². The molecule has 2 unspecified atom stereocenters. The van der Waals surface area contributed by atoms with Crippen LogP contribution in [-0.4, -0.2) is 74.0 Å². The summed E-state index contributed by atoms with van der Waals surface area (Å²) in [6, 6.07) is 10.7. The van der Waals surface area contributed by atoms with E-state index in [1.54, 1.807) is 11.8 Å². The van der Waals surface area contributed by atoms with Crippen LogP contribution in [0.2, 0.25) is 0 Å². The first kappa shape index (κ1) is 23.0. The maximum atomic E-state index is 12.6. The first-order chi connectivity index (χ1) is 14.1. The molecular weight excluding hydrogens is 394 g/mol. The molecule has 0 aromatic heterocycles. The number of carbonyl (C=O) groups is 2. The highest BCUT2D eigenvalue weighted by Crippen LogP contribution is 2.10. The van der Waals surface area contributed by atoms with Crippen molar-refractivity contribution in [3.05, 3.63) is 35.9 Å². The van der Waals surface area contributed by atoms with Crippen LogP contribution in [0.5, 0.6) is 0 Å². The average Bonchev–Trinajstić information content (AvgIpc) is 2.76. The molecule has 9 heteroatoms. The summed E-state index contributed by atoms with van der Waals surface area (Å²) in [5, 5.41) is 12.0. The third kappa shape index (κ3) is 8.31. The van der Waals surface area contributed by atoms with Gasteiger partial charge in [-0.25, -0.2) is 4.79 Å². The molecule has 0 radical (unpaired) electrons. The van der Waals surface area contributed by atoms with E-state index >= 15 is 0 Å². The molecule has 1 N–H and O–H groups in total. The molecule has 0 spiro atoms. The molecule has 2 amide bonds. The lowest BCUT2D eigenvalue weighted by Crippen LogP contribution is -2.48. The van der Waals surface area contributed by atoms with Crippen molar-refractivity contribution < 1.29 is 23.8 Å². The molecule has 1 fully saturated rings. The zero-order chi connectivity index (χ0) is 20.9. The van der Waals surface area contributed by atoms with Crippen LogP contribution < -0.4 is 5.32 Å². The molecule has 0 bridgehead atoms. The predicted octanol–water partition coefficient (Wildman–Crippen LogP) is 1.80. The molecule has 1 saturated heterocycles. The fraction of sp³-hybridized carbons (Fsp3) is 0.550. The van der Waals surface area contributed by atoms with E-state index in [9.17, 15) is 14.9 Å². The molecule has 1 aliphatic rings. The van der Waals surface area contributed by atoms with Gasteiger partial charge in [0.1, 0.15) is 6.04 Å². The van der Waals surface area contributed by atoms with Crippen molar-refractivity contribution in [2.45, 2.75) is 25.2 Å².